The minimum absolute atomic E-state index is 0.298. The molecule has 0 saturated carbocycles. The van der Waals surface area contributed by atoms with Crippen molar-refractivity contribution in [3.63, 3.8) is 0 Å². The monoisotopic (exact) mass is 364 g/mol. The first kappa shape index (κ1) is 19.2. The molecule has 0 fully saturated rings. The van der Waals surface area contributed by atoms with Crippen molar-refractivity contribution in [3.8, 4) is 5.75 Å². The fourth-order valence-corrected chi connectivity index (χ4v) is 3.56. The molecular weight excluding hydrogens is 336 g/mol. The predicted molar refractivity (Wildman–Crippen MR) is 112 cm³/mol. The number of hydrogen-bond donors (Lipinski definition) is 1. The summed E-state index contributed by atoms with van der Waals surface area (Å²) in [5.74, 6) is 0.311. The van der Waals surface area contributed by atoms with Crippen molar-refractivity contribution in [1.82, 2.24) is 0 Å². The zero-order valence-corrected chi connectivity index (χ0v) is 15.8. The average Bonchev–Trinajstić information content (AvgIpc) is 2.68. The number of hydrogen-bond acceptors (Lipinski definition) is 2. The van der Waals surface area contributed by atoms with Gasteiger partial charge in [0.15, 0.2) is 0 Å². The van der Waals surface area contributed by atoms with Crippen LogP contribution in [-0.4, -0.2) is 17.7 Å². The molecule has 142 valence electrons. The van der Waals surface area contributed by atoms with Crippen LogP contribution in [0.1, 0.15) is 51.4 Å². The SMILES string of the molecule is O=C(O)CCCCCCCCCOc1c2ccccc2cc2ccccc12. The summed E-state index contributed by atoms with van der Waals surface area (Å²) < 4.78 is 6.24. The first-order valence-corrected chi connectivity index (χ1v) is 10.0. The van der Waals surface area contributed by atoms with E-state index in [1.807, 2.05) is 0 Å². The highest BCUT2D eigenvalue weighted by Crippen LogP contribution is 2.34. The van der Waals surface area contributed by atoms with Gasteiger partial charge in [0.25, 0.3) is 0 Å². The molecule has 0 saturated heterocycles. The van der Waals surface area contributed by atoms with E-state index in [-0.39, 0.29) is 0 Å². The van der Waals surface area contributed by atoms with E-state index in [0.29, 0.717) is 6.42 Å². The Labute approximate surface area is 161 Å². The third-order valence-corrected chi connectivity index (χ3v) is 5.00. The highest BCUT2D eigenvalue weighted by atomic mass is 16.5. The molecule has 3 aromatic rings. The molecule has 27 heavy (non-hydrogen) atoms. The molecule has 3 heteroatoms. The second-order valence-corrected chi connectivity index (χ2v) is 7.12. The minimum Gasteiger partial charge on any atom is -0.492 e. The van der Waals surface area contributed by atoms with Crippen molar-refractivity contribution >= 4 is 27.5 Å². The fourth-order valence-electron chi connectivity index (χ4n) is 3.56. The highest BCUT2D eigenvalue weighted by Gasteiger charge is 2.08. The van der Waals surface area contributed by atoms with Crippen LogP contribution >= 0.6 is 0 Å². The van der Waals surface area contributed by atoms with Gasteiger partial charge < -0.3 is 9.84 Å². The van der Waals surface area contributed by atoms with Gasteiger partial charge in [0.1, 0.15) is 5.75 Å². The molecule has 0 radical (unpaired) electrons. The zero-order chi connectivity index (χ0) is 18.9. The Kier molecular flexibility index (Phi) is 7.09. The Bertz CT molecular complexity index is 831. The van der Waals surface area contributed by atoms with Crippen LogP contribution < -0.4 is 4.74 Å². The summed E-state index contributed by atoms with van der Waals surface area (Å²) in [5.41, 5.74) is 0. The molecule has 3 nitrogen and oxygen atoms in total. The van der Waals surface area contributed by atoms with Crippen LogP contribution in [0.2, 0.25) is 0 Å². The number of carboxylic acid groups (broad SMARTS) is 1. The smallest absolute Gasteiger partial charge is 0.303 e. The molecule has 0 amide bonds. The predicted octanol–water partition coefficient (Wildman–Crippen LogP) is 6.58. The number of rotatable bonds is 11. The highest BCUT2D eigenvalue weighted by molar-refractivity contribution is 6.05. The third kappa shape index (κ3) is 5.46. The molecule has 0 aliphatic rings. The topological polar surface area (TPSA) is 46.5 Å². The minimum atomic E-state index is -0.687. The summed E-state index contributed by atoms with van der Waals surface area (Å²) in [6.45, 7) is 0.733. The van der Waals surface area contributed by atoms with Crippen LogP contribution in [0, 0.1) is 0 Å². The number of ether oxygens (including phenoxy) is 1. The Morgan fingerprint density at radius 2 is 1.26 bits per heavy atom. The summed E-state index contributed by atoms with van der Waals surface area (Å²) in [6, 6.07) is 19.0. The molecule has 0 unspecified atom stereocenters. The van der Waals surface area contributed by atoms with Gasteiger partial charge in [0.05, 0.1) is 6.61 Å². The lowest BCUT2D eigenvalue weighted by Crippen LogP contribution is -1.99. The summed E-state index contributed by atoms with van der Waals surface area (Å²) in [7, 11) is 0. The number of aliphatic carboxylic acids is 1. The van der Waals surface area contributed by atoms with Crippen molar-refractivity contribution in [1.29, 1.82) is 0 Å². The van der Waals surface area contributed by atoms with Crippen molar-refractivity contribution in [2.75, 3.05) is 6.61 Å². The maximum atomic E-state index is 10.5. The van der Waals surface area contributed by atoms with E-state index in [4.69, 9.17) is 9.84 Å². The summed E-state index contributed by atoms with van der Waals surface area (Å²) in [6.07, 6.45) is 7.81. The van der Waals surface area contributed by atoms with Crippen LogP contribution in [0.15, 0.2) is 54.6 Å². The van der Waals surface area contributed by atoms with E-state index in [2.05, 4.69) is 54.6 Å². The standard InChI is InChI=1S/C24H28O3/c25-23(26)16-6-4-2-1-3-5-11-17-27-24-21-14-9-7-12-19(21)18-20-13-8-10-15-22(20)24/h7-10,12-15,18H,1-6,11,16-17H2,(H,25,26). The number of carbonyl (C=O) groups is 1. The largest absolute Gasteiger partial charge is 0.492 e. The van der Waals surface area contributed by atoms with Gasteiger partial charge in [-0.15, -0.1) is 0 Å². The van der Waals surface area contributed by atoms with Crippen molar-refractivity contribution in [2.24, 2.45) is 0 Å². The molecule has 0 heterocycles. The second kappa shape index (κ2) is 9.96. The Morgan fingerprint density at radius 3 is 1.85 bits per heavy atom. The van der Waals surface area contributed by atoms with Gasteiger partial charge in [-0.2, -0.15) is 0 Å². The summed E-state index contributed by atoms with van der Waals surface area (Å²) >= 11 is 0. The second-order valence-electron chi connectivity index (χ2n) is 7.12. The first-order chi connectivity index (χ1) is 13.3. The molecule has 0 bridgehead atoms. The van der Waals surface area contributed by atoms with Gasteiger partial charge in [0.2, 0.25) is 0 Å². The first-order valence-electron chi connectivity index (χ1n) is 10.0. The van der Waals surface area contributed by atoms with Crippen LogP contribution in [0.5, 0.6) is 5.75 Å². The van der Waals surface area contributed by atoms with Crippen molar-refractivity contribution < 1.29 is 14.6 Å². The molecule has 0 atom stereocenters. The van der Waals surface area contributed by atoms with Crippen LogP contribution in [0.3, 0.4) is 0 Å². The third-order valence-electron chi connectivity index (χ3n) is 5.00. The van der Waals surface area contributed by atoms with E-state index in [1.54, 1.807) is 0 Å². The quantitative estimate of drug-likeness (QED) is 0.309. The van der Waals surface area contributed by atoms with Crippen LogP contribution in [-0.2, 0) is 4.79 Å². The number of carboxylic acids is 1. The number of fused-ring (bicyclic) bond motifs is 2. The van der Waals surface area contributed by atoms with Gasteiger partial charge in [0, 0.05) is 17.2 Å². The summed E-state index contributed by atoms with van der Waals surface area (Å²) in [4.78, 5) is 10.5. The molecule has 0 aromatic heterocycles. The van der Waals surface area contributed by atoms with E-state index in [9.17, 15) is 4.79 Å². The lowest BCUT2D eigenvalue weighted by Gasteiger charge is -2.13. The van der Waals surface area contributed by atoms with E-state index >= 15 is 0 Å². The van der Waals surface area contributed by atoms with E-state index in [1.165, 1.54) is 34.4 Å². The summed E-state index contributed by atoms with van der Waals surface area (Å²) in [5, 5.41) is 13.4. The number of unbranched alkanes of at least 4 members (excludes halogenated alkanes) is 6. The Balaban J connectivity index is 1.48. The van der Waals surface area contributed by atoms with E-state index in [0.717, 1.165) is 44.5 Å². The van der Waals surface area contributed by atoms with Crippen molar-refractivity contribution in [3.05, 3.63) is 54.6 Å². The normalized spacial score (nSPS) is 11.1. The van der Waals surface area contributed by atoms with Crippen LogP contribution in [0.25, 0.3) is 21.5 Å². The maximum Gasteiger partial charge on any atom is 0.303 e. The fraction of sp³-hybridized carbons (Fsp3) is 0.375. The molecule has 0 aliphatic carbocycles. The van der Waals surface area contributed by atoms with Gasteiger partial charge in [-0.05, 0) is 29.7 Å². The van der Waals surface area contributed by atoms with Crippen molar-refractivity contribution in [2.45, 2.75) is 51.4 Å². The van der Waals surface area contributed by atoms with Gasteiger partial charge in [-0.25, -0.2) is 0 Å². The molecule has 1 N–H and O–H groups in total. The molecule has 3 rings (SSSR count). The Morgan fingerprint density at radius 1 is 0.741 bits per heavy atom. The lowest BCUT2D eigenvalue weighted by atomic mass is 10.0. The molecular formula is C24H28O3. The van der Waals surface area contributed by atoms with Gasteiger partial charge in [-0.1, -0.05) is 80.6 Å². The molecule has 0 spiro atoms. The van der Waals surface area contributed by atoms with Gasteiger partial charge >= 0.3 is 5.97 Å². The van der Waals surface area contributed by atoms with E-state index < -0.39 is 5.97 Å². The average molecular weight is 364 g/mol. The molecule has 3 aromatic carbocycles. The van der Waals surface area contributed by atoms with Crippen LogP contribution in [0.4, 0.5) is 0 Å². The molecule has 0 aliphatic heterocycles. The van der Waals surface area contributed by atoms with Gasteiger partial charge in [-0.3, -0.25) is 4.79 Å². The maximum absolute atomic E-state index is 10.5. The lowest BCUT2D eigenvalue weighted by molar-refractivity contribution is -0.137. The zero-order valence-electron chi connectivity index (χ0n) is 15.8. The Hall–Kier alpha value is -2.55. The number of benzene rings is 3.